The number of hydrogen-bond acceptors (Lipinski definition) is 4. The van der Waals surface area contributed by atoms with Crippen molar-refractivity contribution in [1.29, 1.82) is 0 Å². The lowest BCUT2D eigenvalue weighted by molar-refractivity contribution is -0.129. The molecule has 0 N–H and O–H groups in total. The van der Waals surface area contributed by atoms with Gasteiger partial charge in [0, 0.05) is 51.7 Å². The number of hydrogen-bond donors (Lipinski definition) is 0. The first-order chi connectivity index (χ1) is 12.4. The number of benzene rings is 1. The number of ether oxygens (including phenoxy) is 1. The highest BCUT2D eigenvalue weighted by molar-refractivity contribution is 6.32. The zero-order valence-electron chi connectivity index (χ0n) is 16.1. The Balaban J connectivity index is 1.70. The summed E-state index contributed by atoms with van der Waals surface area (Å²) in [5, 5.41) is 0.676. The quantitative estimate of drug-likeness (QED) is 0.806. The first-order valence-electron chi connectivity index (χ1n) is 9.52. The van der Waals surface area contributed by atoms with Crippen LogP contribution in [0.15, 0.2) is 18.2 Å². The second-order valence-corrected chi connectivity index (χ2v) is 8.03. The molecule has 2 aliphatic heterocycles. The van der Waals surface area contributed by atoms with Gasteiger partial charge >= 0.3 is 0 Å². The lowest BCUT2D eigenvalue weighted by Crippen LogP contribution is -2.60. The molecule has 1 aromatic rings. The summed E-state index contributed by atoms with van der Waals surface area (Å²) in [6.07, 6.45) is 2.61. The molecule has 0 unspecified atom stereocenters. The van der Waals surface area contributed by atoms with Gasteiger partial charge in [0.1, 0.15) is 5.75 Å². The zero-order chi connectivity index (χ0) is 18.7. The summed E-state index contributed by atoms with van der Waals surface area (Å²) < 4.78 is 5.53. The van der Waals surface area contributed by atoms with Gasteiger partial charge in [-0.2, -0.15) is 0 Å². The number of carbonyl (C=O) groups excluding carboxylic acids is 1. The molecule has 0 bridgehead atoms. The summed E-state index contributed by atoms with van der Waals surface area (Å²) in [6.45, 7) is 7.36. The van der Waals surface area contributed by atoms with Crippen molar-refractivity contribution in [2.75, 3.05) is 46.9 Å². The number of carbonyl (C=O) groups is 1. The molecule has 5 nitrogen and oxygen atoms in total. The molecule has 0 saturated carbocycles. The van der Waals surface area contributed by atoms with Gasteiger partial charge in [0.25, 0.3) is 0 Å². The number of piperazine rings is 1. The largest absolute Gasteiger partial charge is 0.492 e. The van der Waals surface area contributed by atoms with Crippen molar-refractivity contribution in [1.82, 2.24) is 14.7 Å². The molecule has 0 radical (unpaired) electrons. The lowest BCUT2D eigenvalue weighted by Gasteiger charge is -2.49. The summed E-state index contributed by atoms with van der Waals surface area (Å²) in [4.78, 5) is 19.0. The van der Waals surface area contributed by atoms with Crippen molar-refractivity contribution in [3.8, 4) is 5.75 Å². The Hall–Kier alpha value is -1.30. The minimum absolute atomic E-state index is 0.0910. The van der Waals surface area contributed by atoms with Crippen LogP contribution in [0.25, 0.3) is 0 Å². The van der Waals surface area contributed by atoms with Crippen LogP contribution in [0.3, 0.4) is 0 Å². The smallest absolute Gasteiger partial charge is 0.222 e. The first-order valence-corrected chi connectivity index (χ1v) is 9.90. The minimum atomic E-state index is 0.0910. The highest BCUT2D eigenvalue weighted by atomic mass is 35.5. The number of likely N-dealkylation sites (tertiary alicyclic amines) is 1. The fourth-order valence-electron chi connectivity index (χ4n) is 4.15. The van der Waals surface area contributed by atoms with Gasteiger partial charge in [-0.15, -0.1) is 0 Å². The predicted molar refractivity (Wildman–Crippen MR) is 105 cm³/mol. The molecule has 3 rings (SSSR count). The molecule has 2 heterocycles. The topological polar surface area (TPSA) is 36.0 Å². The van der Waals surface area contributed by atoms with E-state index in [1.54, 1.807) is 0 Å². The third-order valence-corrected chi connectivity index (χ3v) is 6.22. The van der Waals surface area contributed by atoms with E-state index >= 15 is 0 Å². The Morgan fingerprint density at radius 1 is 1.19 bits per heavy atom. The van der Waals surface area contributed by atoms with Gasteiger partial charge < -0.3 is 9.64 Å². The fraction of sp³-hybridized carbons (Fsp3) is 0.650. The Morgan fingerprint density at radius 3 is 2.73 bits per heavy atom. The SMILES string of the molecule is CCOc1ccc(CN2CCN(C)[C@]3(CCC(=O)N(C)CC3)C2)cc1Cl. The summed E-state index contributed by atoms with van der Waals surface area (Å²) in [7, 11) is 4.13. The average molecular weight is 380 g/mol. The standard InChI is InChI=1S/C20H30ClN3O2/c1-4-26-18-6-5-16(13-17(18)21)14-24-12-11-23(3)20(15-24)8-7-19(25)22(2)10-9-20/h5-6,13H,4,7-12,14-15H2,1-3H3/t20-/m0/s1. The van der Waals surface area contributed by atoms with Crippen LogP contribution in [0.1, 0.15) is 31.7 Å². The van der Waals surface area contributed by atoms with E-state index in [9.17, 15) is 4.79 Å². The van der Waals surface area contributed by atoms with Gasteiger partial charge in [-0.1, -0.05) is 17.7 Å². The van der Waals surface area contributed by atoms with Crippen molar-refractivity contribution in [2.45, 2.75) is 38.3 Å². The van der Waals surface area contributed by atoms with E-state index in [0.717, 1.165) is 51.3 Å². The molecular weight excluding hydrogens is 350 g/mol. The van der Waals surface area contributed by atoms with Gasteiger partial charge in [-0.25, -0.2) is 0 Å². The number of likely N-dealkylation sites (N-methyl/N-ethyl adjacent to an activating group) is 1. The number of nitrogens with zero attached hydrogens (tertiary/aromatic N) is 3. The van der Waals surface area contributed by atoms with E-state index in [1.165, 1.54) is 5.56 Å². The highest BCUT2D eigenvalue weighted by Crippen LogP contribution is 2.33. The maximum absolute atomic E-state index is 12.1. The minimum Gasteiger partial charge on any atom is -0.492 e. The van der Waals surface area contributed by atoms with Crippen LogP contribution in [0.4, 0.5) is 0 Å². The van der Waals surface area contributed by atoms with E-state index in [-0.39, 0.29) is 11.4 Å². The van der Waals surface area contributed by atoms with Crippen LogP contribution in [-0.2, 0) is 11.3 Å². The molecule has 2 saturated heterocycles. The third-order valence-electron chi connectivity index (χ3n) is 5.92. The number of halogens is 1. The summed E-state index contributed by atoms with van der Waals surface area (Å²) in [5.41, 5.74) is 1.30. The Bertz CT molecular complexity index is 654. The molecule has 0 aliphatic carbocycles. The van der Waals surface area contributed by atoms with Crippen LogP contribution >= 0.6 is 11.6 Å². The molecule has 26 heavy (non-hydrogen) atoms. The monoisotopic (exact) mass is 379 g/mol. The summed E-state index contributed by atoms with van der Waals surface area (Å²) in [6, 6.07) is 6.08. The van der Waals surface area contributed by atoms with Crippen LogP contribution in [0.5, 0.6) is 5.75 Å². The van der Waals surface area contributed by atoms with E-state index in [4.69, 9.17) is 16.3 Å². The van der Waals surface area contributed by atoms with Gasteiger partial charge in [-0.3, -0.25) is 14.6 Å². The molecular formula is C20H30ClN3O2. The molecule has 1 amide bonds. The molecule has 0 aromatic heterocycles. The van der Waals surface area contributed by atoms with Crippen molar-refractivity contribution in [3.05, 3.63) is 28.8 Å². The molecule has 2 aliphatic rings. The van der Waals surface area contributed by atoms with E-state index in [0.29, 0.717) is 18.1 Å². The molecule has 144 valence electrons. The second kappa shape index (κ2) is 8.15. The maximum Gasteiger partial charge on any atom is 0.222 e. The van der Waals surface area contributed by atoms with Crippen LogP contribution in [0.2, 0.25) is 5.02 Å². The van der Waals surface area contributed by atoms with E-state index in [2.05, 4.69) is 22.9 Å². The van der Waals surface area contributed by atoms with Crippen molar-refractivity contribution >= 4 is 17.5 Å². The summed E-state index contributed by atoms with van der Waals surface area (Å²) in [5.74, 6) is 1.02. The van der Waals surface area contributed by atoms with Crippen molar-refractivity contribution in [2.24, 2.45) is 0 Å². The van der Waals surface area contributed by atoms with Gasteiger partial charge in [-0.05, 0) is 44.5 Å². The maximum atomic E-state index is 12.1. The first kappa shape index (κ1) is 19.5. The Morgan fingerprint density at radius 2 is 2.00 bits per heavy atom. The van der Waals surface area contributed by atoms with Crippen LogP contribution in [0, 0.1) is 0 Å². The molecule has 1 atom stereocenters. The predicted octanol–water partition coefficient (Wildman–Crippen LogP) is 2.87. The van der Waals surface area contributed by atoms with E-state index in [1.807, 2.05) is 31.0 Å². The van der Waals surface area contributed by atoms with Gasteiger partial charge in [0.2, 0.25) is 5.91 Å². The Labute approximate surface area is 161 Å². The third kappa shape index (κ3) is 4.16. The zero-order valence-corrected chi connectivity index (χ0v) is 16.9. The Kier molecular flexibility index (Phi) is 6.10. The lowest BCUT2D eigenvalue weighted by atomic mass is 9.86. The van der Waals surface area contributed by atoms with E-state index < -0.39 is 0 Å². The molecule has 6 heteroatoms. The summed E-state index contributed by atoms with van der Waals surface area (Å²) >= 11 is 6.35. The molecule has 1 spiro atoms. The second-order valence-electron chi connectivity index (χ2n) is 7.62. The highest BCUT2D eigenvalue weighted by Gasteiger charge is 2.41. The van der Waals surface area contributed by atoms with Gasteiger partial charge in [0.15, 0.2) is 0 Å². The molecule has 2 fully saturated rings. The fourth-order valence-corrected chi connectivity index (χ4v) is 4.41. The normalized spacial score (nSPS) is 25.5. The van der Waals surface area contributed by atoms with Crippen LogP contribution < -0.4 is 4.74 Å². The molecule has 1 aromatic carbocycles. The van der Waals surface area contributed by atoms with Crippen LogP contribution in [-0.4, -0.2) is 73.0 Å². The van der Waals surface area contributed by atoms with Crippen molar-refractivity contribution < 1.29 is 9.53 Å². The van der Waals surface area contributed by atoms with Gasteiger partial charge in [0.05, 0.1) is 11.6 Å². The number of amides is 1. The van der Waals surface area contributed by atoms with Crippen molar-refractivity contribution in [3.63, 3.8) is 0 Å². The number of rotatable bonds is 4. The average Bonchev–Trinajstić information content (AvgIpc) is 2.75.